The van der Waals surface area contributed by atoms with E-state index in [0.717, 1.165) is 24.8 Å². The maximum absolute atomic E-state index is 11.5. The Bertz CT molecular complexity index is 287. The zero-order valence-electron chi connectivity index (χ0n) is 10.5. The Hall–Kier alpha value is -0.0900. The SMILES string of the molecule is CCCS(=O)(=O)CCNCC1CCCC1C. The van der Waals surface area contributed by atoms with Gasteiger partial charge in [0.15, 0.2) is 9.84 Å². The molecule has 1 aliphatic rings. The van der Waals surface area contributed by atoms with Crippen molar-refractivity contribution in [1.29, 1.82) is 0 Å². The molecule has 0 aliphatic heterocycles. The Balaban J connectivity index is 2.12. The van der Waals surface area contributed by atoms with E-state index in [0.29, 0.717) is 18.1 Å². The van der Waals surface area contributed by atoms with Gasteiger partial charge in [0.05, 0.1) is 5.75 Å². The van der Waals surface area contributed by atoms with Crippen molar-refractivity contribution in [1.82, 2.24) is 5.32 Å². The first kappa shape index (κ1) is 14.0. The van der Waals surface area contributed by atoms with Gasteiger partial charge in [-0.25, -0.2) is 8.42 Å². The van der Waals surface area contributed by atoms with E-state index in [1.807, 2.05) is 6.92 Å². The second-order valence-electron chi connectivity index (χ2n) is 5.02. The highest BCUT2D eigenvalue weighted by Gasteiger charge is 2.22. The molecule has 4 heteroatoms. The lowest BCUT2D eigenvalue weighted by Gasteiger charge is -2.15. The lowest BCUT2D eigenvalue weighted by atomic mass is 9.98. The van der Waals surface area contributed by atoms with Crippen molar-refractivity contribution < 1.29 is 8.42 Å². The molecule has 0 heterocycles. The van der Waals surface area contributed by atoms with Crippen LogP contribution in [-0.4, -0.2) is 33.0 Å². The molecule has 0 bridgehead atoms. The van der Waals surface area contributed by atoms with Crippen LogP contribution in [0.4, 0.5) is 0 Å². The fraction of sp³-hybridized carbons (Fsp3) is 1.00. The molecule has 0 aromatic rings. The van der Waals surface area contributed by atoms with Crippen molar-refractivity contribution in [3.8, 4) is 0 Å². The predicted molar refractivity (Wildman–Crippen MR) is 68.3 cm³/mol. The molecule has 0 spiro atoms. The Labute approximate surface area is 99.9 Å². The summed E-state index contributed by atoms with van der Waals surface area (Å²) in [4.78, 5) is 0. The summed E-state index contributed by atoms with van der Waals surface area (Å²) >= 11 is 0. The summed E-state index contributed by atoms with van der Waals surface area (Å²) < 4.78 is 22.9. The maximum atomic E-state index is 11.5. The summed E-state index contributed by atoms with van der Waals surface area (Å²) in [5.41, 5.74) is 0. The fourth-order valence-electron chi connectivity index (χ4n) is 2.45. The lowest BCUT2D eigenvalue weighted by molar-refractivity contribution is 0.396. The molecule has 0 radical (unpaired) electrons. The minimum atomic E-state index is -2.80. The Morgan fingerprint density at radius 3 is 2.56 bits per heavy atom. The van der Waals surface area contributed by atoms with Gasteiger partial charge in [0, 0.05) is 12.3 Å². The van der Waals surface area contributed by atoms with Crippen LogP contribution in [0.25, 0.3) is 0 Å². The number of sulfone groups is 1. The van der Waals surface area contributed by atoms with Gasteiger partial charge in [-0.05, 0) is 31.2 Å². The quantitative estimate of drug-likeness (QED) is 0.698. The summed E-state index contributed by atoms with van der Waals surface area (Å²) in [6, 6.07) is 0. The molecule has 96 valence electrons. The van der Waals surface area contributed by atoms with Gasteiger partial charge in [0.1, 0.15) is 0 Å². The van der Waals surface area contributed by atoms with Crippen molar-refractivity contribution in [2.45, 2.75) is 39.5 Å². The van der Waals surface area contributed by atoms with Crippen LogP contribution in [0.15, 0.2) is 0 Å². The Morgan fingerprint density at radius 2 is 2.00 bits per heavy atom. The molecule has 16 heavy (non-hydrogen) atoms. The monoisotopic (exact) mass is 247 g/mol. The van der Waals surface area contributed by atoms with E-state index in [1.54, 1.807) is 0 Å². The van der Waals surface area contributed by atoms with E-state index in [-0.39, 0.29) is 0 Å². The predicted octanol–water partition coefficient (Wildman–Crippen LogP) is 1.84. The molecule has 1 saturated carbocycles. The van der Waals surface area contributed by atoms with Gasteiger partial charge in [-0.1, -0.05) is 26.7 Å². The van der Waals surface area contributed by atoms with Gasteiger partial charge in [0.2, 0.25) is 0 Å². The van der Waals surface area contributed by atoms with Crippen molar-refractivity contribution in [3.05, 3.63) is 0 Å². The average molecular weight is 247 g/mol. The first-order valence-electron chi connectivity index (χ1n) is 6.46. The van der Waals surface area contributed by atoms with E-state index < -0.39 is 9.84 Å². The van der Waals surface area contributed by atoms with Gasteiger partial charge in [0.25, 0.3) is 0 Å². The van der Waals surface area contributed by atoms with E-state index in [9.17, 15) is 8.42 Å². The summed E-state index contributed by atoms with van der Waals surface area (Å²) in [5, 5.41) is 3.29. The lowest BCUT2D eigenvalue weighted by Crippen LogP contribution is -2.29. The molecule has 1 rings (SSSR count). The Morgan fingerprint density at radius 1 is 1.25 bits per heavy atom. The highest BCUT2D eigenvalue weighted by atomic mass is 32.2. The third-order valence-electron chi connectivity index (χ3n) is 3.55. The van der Waals surface area contributed by atoms with E-state index in [4.69, 9.17) is 0 Å². The van der Waals surface area contributed by atoms with E-state index >= 15 is 0 Å². The van der Waals surface area contributed by atoms with E-state index in [1.165, 1.54) is 19.3 Å². The van der Waals surface area contributed by atoms with Crippen LogP contribution in [0.3, 0.4) is 0 Å². The maximum Gasteiger partial charge on any atom is 0.151 e. The molecule has 2 unspecified atom stereocenters. The van der Waals surface area contributed by atoms with Crippen molar-refractivity contribution >= 4 is 9.84 Å². The van der Waals surface area contributed by atoms with Crippen LogP contribution in [0.2, 0.25) is 0 Å². The molecule has 1 fully saturated rings. The van der Waals surface area contributed by atoms with Crippen LogP contribution >= 0.6 is 0 Å². The number of hydrogen-bond acceptors (Lipinski definition) is 3. The van der Waals surface area contributed by atoms with Crippen LogP contribution in [0.5, 0.6) is 0 Å². The second kappa shape index (κ2) is 6.60. The highest BCUT2D eigenvalue weighted by Crippen LogP contribution is 2.30. The van der Waals surface area contributed by atoms with E-state index in [2.05, 4.69) is 12.2 Å². The van der Waals surface area contributed by atoms with Crippen LogP contribution in [0, 0.1) is 11.8 Å². The normalized spacial score (nSPS) is 26.1. The third-order valence-corrected chi connectivity index (χ3v) is 5.41. The number of hydrogen-bond donors (Lipinski definition) is 1. The average Bonchev–Trinajstić information content (AvgIpc) is 2.59. The summed E-state index contributed by atoms with van der Waals surface area (Å²) in [6.45, 7) is 5.81. The van der Waals surface area contributed by atoms with Crippen LogP contribution < -0.4 is 5.32 Å². The van der Waals surface area contributed by atoms with Crippen LogP contribution in [-0.2, 0) is 9.84 Å². The van der Waals surface area contributed by atoms with Crippen LogP contribution in [0.1, 0.15) is 39.5 Å². The molecular formula is C12H25NO2S. The highest BCUT2D eigenvalue weighted by molar-refractivity contribution is 7.91. The minimum absolute atomic E-state index is 0.294. The summed E-state index contributed by atoms with van der Waals surface area (Å²) in [6.07, 6.45) is 4.69. The standard InChI is InChI=1S/C12H25NO2S/c1-3-8-16(14,15)9-7-13-10-12-6-4-5-11(12)2/h11-13H,3-10H2,1-2H3. The topological polar surface area (TPSA) is 46.2 Å². The first-order chi connectivity index (χ1) is 7.55. The Kier molecular flexibility index (Phi) is 5.76. The second-order valence-corrected chi connectivity index (χ2v) is 7.33. The molecule has 0 aromatic carbocycles. The molecule has 1 N–H and O–H groups in total. The largest absolute Gasteiger partial charge is 0.315 e. The third kappa shape index (κ3) is 4.83. The van der Waals surface area contributed by atoms with Gasteiger partial charge in [-0.2, -0.15) is 0 Å². The molecule has 0 saturated heterocycles. The molecule has 0 aromatic heterocycles. The number of nitrogens with one attached hydrogen (secondary N) is 1. The molecule has 1 aliphatic carbocycles. The van der Waals surface area contributed by atoms with Crippen molar-refractivity contribution in [2.24, 2.45) is 11.8 Å². The van der Waals surface area contributed by atoms with Gasteiger partial charge in [-0.15, -0.1) is 0 Å². The number of rotatable bonds is 7. The fourth-order valence-corrected chi connectivity index (χ4v) is 3.74. The van der Waals surface area contributed by atoms with Crippen molar-refractivity contribution in [2.75, 3.05) is 24.6 Å². The van der Waals surface area contributed by atoms with Crippen molar-refractivity contribution in [3.63, 3.8) is 0 Å². The molecule has 3 nitrogen and oxygen atoms in total. The molecule has 0 amide bonds. The zero-order valence-corrected chi connectivity index (χ0v) is 11.4. The van der Waals surface area contributed by atoms with Gasteiger partial charge >= 0.3 is 0 Å². The molecular weight excluding hydrogens is 222 g/mol. The summed E-state index contributed by atoms with van der Waals surface area (Å²) in [5.74, 6) is 2.19. The van der Waals surface area contributed by atoms with Gasteiger partial charge < -0.3 is 5.32 Å². The molecule has 2 atom stereocenters. The first-order valence-corrected chi connectivity index (χ1v) is 8.28. The van der Waals surface area contributed by atoms with Gasteiger partial charge in [-0.3, -0.25) is 0 Å². The summed E-state index contributed by atoms with van der Waals surface area (Å²) in [7, 11) is -2.80. The smallest absolute Gasteiger partial charge is 0.151 e. The zero-order chi connectivity index (χ0) is 12.0. The minimum Gasteiger partial charge on any atom is -0.315 e.